The van der Waals surface area contributed by atoms with E-state index in [1.807, 2.05) is 6.21 Å². The summed E-state index contributed by atoms with van der Waals surface area (Å²) in [7, 11) is 0. The third kappa shape index (κ3) is 11.1. The van der Waals surface area contributed by atoms with Crippen LogP contribution in [0.1, 0.15) is 76.8 Å². The SMILES string of the molecule is CCCC=Cc1ccc(N=CC(CCCC)=Nc2ccc(C=CCCC)cc2)cc1.[Ni]. The van der Waals surface area contributed by atoms with Crippen molar-refractivity contribution in [1.29, 1.82) is 0 Å². The van der Waals surface area contributed by atoms with Crippen LogP contribution in [0.5, 0.6) is 0 Å². The van der Waals surface area contributed by atoms with Gasteiger partial charge in [-0.2, -0.15) is 0 Å². The molecule has 3 heteroatoms. The average molecular weight is 459 g/mol. The summed E-state index contributed by atoms with van der Waals surface area (Å²) >= 11 is 0. The van der Waals surface area contributed by atoms with Gasteiger partial charge in [0.15, 0.2) is 0 Å². The van der Waals surface area contributed by atoms with E-state index in [0.29, 0.717) is 0 Å². The molecule has 0 saturated carbocycles. The van der Waals surface area contributed by atoms with E-state index in [1.165, 1.54) is 24.0 Å². The Morgan fingerprint density at radius 1 is 0.710 bits per heavy atom. The first-order chi connectivity index (χ1) is 14.7. The largest absolute Gasteiger partial charge is 0.255 e. The predicted octanol–water partition coefficient (Wildman–Crippen LogP) is 8.98. The van der Waals surface area contributed by atoms with E-state index in [4.69, 9.17) is 4.99 Å². The second kappa shape index (κ2) is 16.4. The maximum absolute atomic E-state index is 4.85. The average Bonchev–Trinajstić information content (AvgIpc) is 2.78. The van der Waals surface area contributed by atoms with Crippen LogP contribution in [-0.4, -0.2) is 11.9 Å². The molecule has 0 aliphatic heterocycles. The first-order valence-corrected chi connectivity index (χ1v) is 11.4. The Balaban J connectivity index is 0.00000480. The van der Waals surface area contributed by atoms with Gasteiger partial charge >= 0.3 is 0 Å². The zero-order valence-electron chi connectivity index (χ0n) is 19.2. The molecule has 2 aromatic rings. The fourth-order valence-corrected chi connectivity index (χ4v) is 2.93. The summed E-state index contributed by atoms with van der Waals surface area (Å²) < 4.78 is 0. The van der Waals surface area contributed by atoms with Crippen LogP contribution >= 0.6 is 0 Å². The Bertz CT molecular complexity index is 844. The summed E-state index contributed by atoms with van der Waals surface area (Å²) in [5.74, 6) is 0. The Hall–Kier alpha value is -2.25. The zero-order chi connectivity index (χ0) is 21.4. The molecule has 2 nitrogen and oxygen atoms in total. The van der Waals surface area contributed by atoms with E-state index in [1.54, 1.807) is 0 Å². The summed E-state index contributed by atoms with van der Waals surface area (Å²) in [5, 5.41) is 0. The van der Waals surface area contributed by atoms with E-state index in [9.17, 15) is 0 Å². The normalized spacial score (nSPS) is 12.2. The number of hydrogen-bond donors (Lipinski definition) is 0. The first-order valence-electron chi connectivity index (χ1n) is 11.4. The van der Waals surface area contributed by atoms with Crippen molar-refractivity contribution in [2.45, 2.75) is 65.7 Å². The molecule has 0 fully saturated rings. The molecule has 0 aromatic heterocycles. The molecule has 0 saturated heterocycles. The van der Waals surface area contributed by atoms with Crippen molar-refractivity contribution in [1.82, 2.24) is 0 Å². The van der Waals surface area contributed by atoms with Gasteiger partial charge in [0.25, 0.3) is 0 Å². The standard InChI is InChI=1S/C28H36N2.Ni/c1-4-7-10-12-24-15-19-26(20-16-24)29-23-28(14-9-6-3)30-27-21-17-25(18-22-27)13-11-8-5-2;/h10-13,15-23H,4-9,14H2,1-3H3;. The Kier molecular flexibility index (Phi) is 14.2. The fourth-order valence-electron chi connectivity index (χ4n) is 2.93. The number of unbranched alkanes of at least 4 members (excludes halogenated alkanes) is 3. The van der Waals surface area contributed by atoms with Crippen LogP contribution in [-0.2, 0) is 16.5 Å². The molecule has 2 rings (SSSR count). The molecule has 0 unspecified atom stereocenters. The molecule has 0 spiro atoms. The Morgan fingerprint density at radius 2 is 1.23 bits per heavy atom. The van der Waals surface area contributed by atoms with Gasteiger partial charge in [-0.1, -0.05) is 88.6 Å². The molecular formula is C28H36N2Ni. The van der Waals surface area contributed by atoms with Crippen molar-refractivity contribution in [2.75, 3.05) is 0 Å². The number of allylic oxidation sites excluding steroid dienone is 2. The van der Waals surface area contributed by atoms with Crippen LogP contribution in [0.3, 0.4) is 0 Å². The molecule has 31 heavy (non-hydrogen) atoms. The van der Waals surface area contributed by atoms with Crippen molar-refractivity contribution < 1.29 is 16.5 Å². The molecule has 168 valence electrons. The van der Waals surface area contributed by atoms with Gasteiger partial charge in [0.2, 0.25) is 0 Å². The fraction of sp³-hybridized carbons (Fsp3) is 0.357. The molecule has 2 aromatic carbocycles. The van der Waals surface area contributed by atoms with Crippen LogP contribution in [0, 0.1) is 0 Å². The van der Waals surface area contributed by atoms with Crippen molar-refractivity contribution in [3.05, 3.63) is 71.8 Å². The number of benzene rings is 2. The summed E-state index contributed by atoms with van der Waals surface area (Å²) in [4.78, 5) is 9.52. The van der Waals surface area contributed by atoms with Crippen molar-refractivity contribution in [3.63, 3.8) is 0 Å². The predicted molar refractivity (Wildman–Crippen MR) is 136 cm³/mol. The van der Waals surface area contributed by atoms with Gasteiger partial charge in [-0.05, 0) is 61.1 Å². The number of nitrogens with zero attached hydrogens (tertiary/aromatic N) is 2. The maximum Gasteiger partial charge on any atom is 0.0634 e. The number of aliphatic imine (C=N–C) groups is 2. The van der Waals surface area contributed by atoms with Gasteiger partial charge in [-0.3, -0.25) is 9.98 Å². The van der Waals surface area contributed by atoms with Crippen molar-refractivity contribution in [2.24, 2.45) is 9.98 Å². The maximum atomic E-state index is 4.85. The van der Waals surface area contributed by atoms with Gasteiger partial charge in [0.05, 0.1) is 17.1 Å². The quantitative estimate of drug-likeness (QED) is 0.224. The second-order valence-electron chi connectivity index (χ2n) is 7.53. The minimum atomic E-state index is 0. The Morgan fingerprint density at radius 3 is 1.71 bits per heavy atom. The molecule has 0 bridgehead atoms. The van der Waals surface area contributed by atoms with E-state index in [-0.39, 0.29) is 16.5 Å². The van der Waals surface area contributed by atoms with Gasteiger partial charge in [0, 0.05) is 22.7 Å². The number of rotatable bonds is 12. The molecule has 0 N–H and O–H groups in total. The van der Waals surface area contributed by atoms with Crippen LogP contribution in [0.4, 0.5) is 11.4 Å². The molecular weight excluding hydrogens is 423 g/mol. The molecule has 0 aliphatic carbocycles. The van der Waals surface area contributed by atoms with E-state index in [0.717, 1.165) is 49.2 Å². The van der Waals surface area contributed by atoms with E-state index >= 15 is 0 Å². The molecule has 0 aliphatic rings. The topological polar surface area (TPSA) is 24.7 Å². The third-order valence-electron chi connectivity index (χ3n) is 4.74. The summed E-state index contributed by atoms with van der Waals surface area (Å²) in [6.45, 7) is 6.59. The molecule has 0 amide bonds. The van der Waals surface area contributed by atoms with Crippen LogP contribution in [0.25, 0.3) is 12.2 Å². The molecule has 0 atom stereocenters. The monoisotopic (exact) mass is 458 g/mol. The molecule has 0 radical (unpaired) electrons. The van der Waals surface area contributed by atoms with Crippen LogP contribution in [0.15, 0.2) is 70.7 Å². The molecule has 0 heterocycles. The minimum Gasteiger partial charge on any atom is -0.255 e. The number of hydrogen-bond acceptors (Lipinski definition) is 2. The minimum absolute atomic E-state index is 0. The third-order valence-corrected chi connectivity index (χ3v) is 4.74. The van der Waals surface area contributed by atoms with Crippen molar-refractivity contribution >= 4 is 35.5 Å². The first kappa shape index (κ1) is 26.8. The zero-order valence-corrected chi connectivity index (χ0v) is 20.2. The van der Waals surface area contributed by atoms with E-state index < -0.39 is 0 Å². The van der Waals surface area contributed by atoms with Crippen LogP contribution < -0.4 is 0 Å². The Labute approximate surface area is 199 Å². The second-order valence-corrected chi connectivity index (χ2v) is 7.53. The van der Waals surface area contributed by atoms with E-state index in [2.05, 4.69) is 98.6 Å². The smallest absolute Gasteiger partial charge is 0.0634 e. The van der Waals surface area contributed by atoms with Crippen molar-refractivity contribution in [3.8, 4) is 0 Å². The van der Waals surface area contributed by atoms with Gasteiger partial charge in [-0.15, -0.1) is 0 Å². The summed E-state index contributed by atoms with van der Waals surface area (Å²) in [6, 6.07) is 16.8. The van der Waals surface area contributed by atoms with Gasteiger partial charge < -0.3 is 0 Å². The summed E-state index contributed by atoms with van der Waals surface area (Å²) in [6.07, 6.45) is 18.5. The van der Waals surface area contributed by atoms with Gasteiger partial charge in [0.1, 0.15) is 0 Å². The van der Waals surface area contributed by atoms with Crippen LogP contribution in [0.2, 0.25) is 0 Å². The summed E-state index contributed by atoms with van der Waals surface area (Å²) in [5.41, 5.74) is 5.41. The van der Waals surface area contributed by atoms with Gasteiger partial charge in [-0.25, -0.2) is 0 Å².